The highest BCUT2D eigenvalue weighted by molar-refractivity contribution is 7.93. The molecule has 2 heterocycles. The van der Waals surface area contributed by atoms with Crippen LogP contribution in [0.4, 0.5) is 5.69 Å². The molecule has 3 aromatic rings. The minimum Gasteiger partial charge on any atom is -0.497 e. The molecule has 10 nitrogen and oxygen atoms in total. The molecule has 40 heavy (non-hydrogen) atoms. The Morgan fingerprint density at radius 3 is 2.45 bits per heavy atom. The van der Waals surface area contributed by atoms with E-state index in [1.165, 1.54) is 14.2 Å². The number of nitrogens with zero attached hydrogens (tertiary/aromatic N) is 3. The summed E-state index contributed by atoms with van der Waals surface area (Å²) in [6.45, 7) is 4.72. The molecule has 0 aromatic heterocycles. The molecule has 1 saturated heterocycles. The van der Waals surface area contributed by atoms with Crippen molar-refractivity contribution in [3.8, 4) is 23.0 Å². The van der Waals surface area contributed by atoms with E-state index >= 15 is 0 Å². The van der Waals surface area contributed by atoms with E-state index in [0.717, 1.165) is 33.5 Å². The highest BCUT2D eigenvalue weighted by atomic mass is 32.2. The van der Waals surface area contributed by atoms with Crippen molar-refractivity contribution in [3.05, 3.63) is 71.8 Å². The van der Waals surface area contributed by atoms with Crippen LogP contribution in [0.1, 0.15) is 11.1 Å². The smallest absolute Gasteiger partial charge is 0.268 e. The van der Waals surface area contributed by atoms with E-state index in [2.05, 4.69) is 4.90 Å². The minimum atomic E-state index is -4.16. The lowest BCUT2D eigenvalue weighted by Crippen LogP contribution is -2.51. The van der Waals surface area contributed by atoms with Gasteiger partial charge in [0.05, 0.1) is 19.9 Å². The Morgan fingerprint density at radius 2 is 1.70 bits per heavy atom. The molecule has 1 amide bonds. The van der Waals surface area contributed by atoms with E-state index < -0.39 is 10.0 Å². The SMILES string of the molecule is COc1cccc(N(CC(=O)N2CCN(Cc3ccc4c(c3)OCO4)CC2)S(=O)(=O)c2cc(C)ccc2OC)c1. The van der Waals surface area contributed by atoms with Crippen LogP contribution < -0.4 is 23.3 Å². The zero-order chi connectivity index (χ0) is 28.3. The quantitative estimate of drug-likeness (QED) is 0.389. The van der Waals surface area contributed by atoms with Gasteiger partial charge in [0.2, 0.25) is 12.7 Å². The molecule has 0 spiro atoms. The Morgan fingerprint density at radius 1 is 0.925 bits per heavy atom. The Balaban J connectivity index is 1.32. The summed E-state index contributed by atoms with van der Waals surface area (Å²) in [7, 11) is -1.23. The predicted octanol–water partition coefficient (Wildman–Crippen LogP) is 3.28. The van der Waals surface area contributed by atoms with Gasteiger partial charge in [-0.05, 0) is 54.4 Å². The molecular formula is C29H33N3O7S. The van der Waals surface area contributed by atoms with Gasteiger partial charge in [-0.15, -0.1) is 0 Å². The molecule has 0 bridgehead atoms. The number of hydrogen-bond acceptors (Lipinski definition) is 8. The van der Waals surface area contributed by atoms with Gasteiger partial charge in [0, 0.05) is 38.8 Å². The third-order valence-electron chi connectivity index (χ3n) is 7.08. The molecule has 11 heteroatoms. The fourth-order valence-corrected chi connectivity index (χ4v) is 6.51. The maximum absolute atomic E-state index is 14.0. The van der Waals surface area contributed by atoms with Gasteiger partial charge in [-0.25, -0.2) is 8.42 Å². The molecule has 2 aliphatic heterocycles. The number of hydrogen-bond donors (Lipinski definition) is 0. The largest absolute Gasteiger partial charge is 0.497 e. The number of ether oxygens (including phenoxy) is 4. The average molecular weight is 568 g/mol. The van der Waals surface area contributed by atoms with Gasteiger partial charge in [0.1, 0.15) is 22.9 Å². The number of rotatable bonds is 9. The highest BCUT2D eigenvalue weighted by Gasteiger charge is 2.32. The minimum absolute atomic E-state index is 0.000773. The van der Waals surface area contributed by atoms with Gasteiger partial charge >= 0.3 is 0 Å². The van der Waals surface area contributed by atoms with E-state index in [9.17, 15) is 13.2 Å². The first-order chi connectivity index (χ1) is 19.3. The molecule has 0 radical (unpaired) electrons. The molecule has 0 atom stereocenters. The molecule has 3 aromatic carbocycles. The maximum Gasteiger partial charge on any atom is 0.268 e. The summed E-state index contributed by atoms with van der Waals surface area (Å²) in [5, 5.41) is 0. The second-order valence-corrected chi connectivity index (χ2v) is 11.5. The Labute approximate surface area is 234 Å². The number of carbonyl (C=O) groups is 1. The number of benzene rings is 3. The molecule has 212 valence electrons. The number of amides is 1. The summed E-state index contributed by atoms with van der Waals surface area (Å²) in [6, 6.07) is 17.5. The zero-order valence-corrected chi connectivity index (χ0v) is 23.6. The highest BCUT2D eigenvalue weighted by Crippen LogP contribution is 2.34. The van der Waals surface area contributed by atoms with Crippen molar-refractivity contribution in [3.63, 3.8) is 0 Å². The summed E-state index contributed by atoms with van der Waals surface area (Å²) >= 11 is 0. The Kier molecular flexibility index (Phi) is 8.04. The van der Waals surface area contributed by atoms with Gasteiger partial charge < -0.3 is 23.8 Å². The molecule has 0 aliphatic carbocycles. The van der Waals surface area contributed by atoms with E-state index in [1.54, 1.807) is 47.4 Å². The molecule has 0 N–H and O–H groups in total. The second-order valence-electron chi connectivity index (χ2n) is 9.71. The summed E-state index contributed by atoms with van der Waals surface area (Å²) in [6.07, 6.45) is 0. The zero-order valence-electron chi connectivity index (χ0n) is 22.8. The third-order valence-corrected chi connectivity index (χ3v) is 8.87. The van der Waals surface area contributed by atoms with Crippen molar-refractivity contribution in [2.45, 2.75) is 18.4 Å². The Hall–Kier alpha value is -3.96. The third kappa shape index (κ3) is 5.80. The predicted molar refractivity (Wildman–Crippen MR) is 150 cm³/mol. The van der Waals surface area contributed by atoms with Crippen molar-refractivity contribution in [1.29, 1.82) is 0 Å². The van der Waals surface area contributed by atoms with E-state index in [4.69, 9.17) is 18.9 Å². The lowest BCUT2D eigenvalue weighted by atomic mass is 10.1. The molecule has 1 fully saturated rings. The maximum atomic E-state index is 14.0. The first kappa shape index (κ1) is 27.6. The second kappa shape index (κ2) is 11.6. The Bertz CT molecular complexity index is 1490. The monoisotopic (exact) mass is 567 g/mol. The van der Waals surface area contributed by atoms with Gasteiger partial charge in [0.15, 0.2) is 11.5 Å². The van der Waals surface area contributed by atoms with Gasteiger partial charge in [-0.2, -0.15) is 0 Å². The van der Waals surface area contributed by atoms with Crippen molar-refractivity contribution in [1.82, 2.24) is 9.80 Å². The average Bonchev–Trinajstić information content (AvgIpc) is 3.44. The topological polar surface area (TPSA) is 97.9 Å². The van der Waals surface area contributed by atoms with Gasteiger partial charge in [0.25, 0.3) is 10.0 Å². The first-order valence-corrected chi connectivity index (χ1v) is 14.4. The van der Waals surface area contributed by atoms with Crippen LogP contribution in [0.25, 0.3) is 0 Å². The number of aryl methyl sites for hydroxylation is 1. The molecule has 2 aliphatic rings. The van der Waals surface area contributed by atoms with Crippen LogP contribution in [0.3, 0.4) is 0 Å². The molecule has 0 saturated carbocycles. The lowest BCUT2D eigenvalue weighted by Gasteiger charge is -2.36. The van der Waals surface area contributed by atoms with Crippen LogP contribution >= 0.6 is 0 Å². The van der Waals surface area contributed by atoms with Crippen LogP contribution in [-0.4, -0.2) is 77.9 Å². The van der Waals surface area contributed by atoms with E-state index in [0.29, 0.717) is 37.6 Å². The standard InChI is InChI=1S/C29H33N3O7S/c1-21-7-9-26(37-3)28(15-21)40(34,35)32(23-5-4-6-24(17-23)36-2)19-29(33)31-13-11-30(12-14-31)18-22-8-10-25-27(16-22)39-20-38-25/h4-10,15-17H,11-14,18-20H2,1-3H3. The fourth-order valence-electron chi connectivity index (χ4n) is 4.86. The first-order valence-electron chi connectivity index (χ1n) is 13.0. The summed E-state index contributed by atoms with van der Waals surface area (Å²) in [4.78, 5) is 17.5. The van der Waals surface area contributed by atoms with Crippen LogP contribution in [-0.2, 0) is 21.4 Å². The number of piperazine rings is 1. The van der Waals surface area contributed by atoms with Gasteiger partial charge in [-0.3, -0.25) is 14.0 Å². The fraction of sp³-hybridized carbons (Fsp3) is 0.345. The molecule has 0 unspecified atom stereocenters. The van der Waals surface area contributed by atoms with E-state index in [-0.39, 0.29) is 29.9 Å². The number of anilines is 1. The van der Waals surface area contributed by atoms with Crippen LogP contribution in [0.5, 0.6) is 23.0 Å². The number of methoxy groups -OCH3 is 2. The summed E-state index contributed by atoms with van der Waals surface area (Å²) < 4.78 is 50.8. The van der Waals surface area contributed by atoms with Crippen molar-refractivity contribution in [2.24, 2.45) is 0 Å². The number of sulfonamides is 1. The van der Waals surface area contributed by atoms with Crippen LogP contribution in [0, 0.1) is 6.92 Å². The lowest BCUT2D eigenvalue weighted by molar-refractivity contribution is -0.131. The summed E-state index contributed by atoms with van der Waals surface area (Å²) in [5.41, 5.74) is 2.19. The van der Waals surface area contributed by atoms with Crippen molar-refractivity contribution < 1.29 is 32.2 Å². The van der Waals surface area contributed by atoms with Crippen molar-refractivity contribution >= 4 is 21.6 Å². The number of fused-ring (bicyclic) bond motifs is 1. The normalized spacial score (nSPS) is 15.1. The molecular weight excluding hydrogens is 534 g/mol. The van der Waals surface area contributed by atoms with Gasteiger partial charge in [-0.1, -0.05) is 18.2 Å². The summed E-state index contributed by atoms with van der Waals surface area (Å²) in [5.74, 6) is 1.91. The van der Waals surface area contributed by atoms with E-state index in [1.807, 2.05) is 25.1 Å². The molecule has 5 rings (SSSR count). The van der Waals surface area contributed by atoms with Crippen LogP contribution in [0.2, 0.25) is 0 Å². The van der Waals surface area contributed by atoms with Crippen molar-refractivity contribution in [2.75, 3.05) is 58.0 Å². The van der Waals surface area contributed by atoms with Crippen LogP contribution in [0.15, 0.2) is 65.6 Å². The number of carbonyl (C=O) groups excluding carboxylic acids is 1.